The molecule has 0 atom stereocenters. The van der Waals surface area contributed by atoms with Gasteiger partial charge in [-0.15, -0.1) is 0 Å². The minimum atomic E-state index is 0.495. The van der Waals surface area contributed by atoms with Gasteiger partial charge in [0.25, 0.3) is 0 Å². The van der Waals surface area contributed by atoms with Crippen molar-refractivity contribution in [3.63, 3.8) is 0 Å². The van der Waals surface area contributed by atoms with E-state index in [9.17, 15) is 0 Å². The summed E-state index contributed by atoms with van der Waals surface area (Å²) in [5.74, 6) is 2.71. The highest BCUT2D eigenvalue weighted by Crippen LogP contribution is 2.30. The molecule has 3 nitrogen and oxygen atoms in total. The average Bonchev–Trinajstić information content (AvgIpc) is 2.79. The molecule has 0 saturated heterocycles. The number of rotatable bonds is 11. The monoisotopic (exact) mass is 418 g/mol. The van der Waals surface area contributed by atoms with Crippen LogP contribution < -0.4 is 14.2 Å². The molecular formula is C28H34O3. The van der Waals surface area contributed by atoms with Gasteiger partial charge in [-0.25, -0.2) is 0 Å². The van der Waals surface area contributed by atoms with Crippen molar-refractivity contribution >= 4 is 0 Å². The third-order valence-electron chi connectivity index (χ3n) is 5.37. The molecule has 0 saturated carbocycles. The lowest BCUT2D eigenvalue weighted by Gasteiger charge is -2.16. The summed E-state index contributed by atoms with van der Waals surface area (Å²) in [5, 5.41) is 0. The summed E-state index contributed by atoms with van der Waals surface area (Å²) in [4.78, 5) is 0. The van der Waals surface area contributed by atoms with Crippen molar-refractivity contribution in [1.82, 2.24) is 0 Å². The molecule has 0 aliphatic heterocycles. The zero-order valence-electron chi connectivity index (χ0n) is 19.2. The van der Waals surface area contributed by atoms with Gasteiger partial charge in [0.15, 0.2) is 0 Å². The molecule has 0 bridgehead atoms. The Morgan fingerprint density at radius 2 is 1.32 bits per heavy atom. The molecule has 3 heteroatoms. The lowest BCUT2D eigenvalue weighted by atomic mass is 9.99. The van der Waals surface area contributed by atoms with Crippen LogP contribution in [0.3, 0.4) is 0 Å². The van der Waals surface area contributed by atoms with E-state index < -0.39 is 0 Å². The molecule has 3 rings (SSSR count). The Morgan fingerprint density at radius 1 is 0.677 bits per heavy atom. The fraction of sp³-hybridized carbons (Fsp3) is 0.357. The van der Waals surface area contributed by atoms with Crippen LogP contribution in [0.25, 0.3) is 11.1 Å². The number of aryl methyl sites for hydroxylation is 2. The number of benzene rings is 3. The summed E-state index contributed by atoms with van der Waals surface area (Å²) in [6.07, 6.45) is 4.04. The number of hydrogen-bond donors (Lipinski definition) is 0. The van der Waals surface area contributed by atoms with Crippen molar-refractivity contribution in [2.45, 2.75) is 46.5 Å². The predicted molar refractivity (Wildman–Crippen MR) is 129 cm³/mol. The van der Waals surface area contributed by atoms with Crippen molar-refractivity contribution in [2.75, 3.05) is 20.3 Å². The largest absolute Gasteiger partial charge is 0.496 e. The Labute approximate surface area is 187 Å². The van der Waals surface area contributed by atoms with Crippen LogP contribution in [0, 0.1) is 6.92 Å². The summed E-state index contributed by atoms with van der Waals surface area (Å²) in [6, 6.07) is 21.1. The Hall–Kier alpha value is -2.94. The van der Waals surface area contributed by atoms with Crippen LogP contribution >= 0.6 is 0 Å². The van der Waals surface area contributed by atoms with E-state index in [0.29, 0.717) is 13.2 Å². The van der Waals surface area contributed by atoms with Gasteiger partial charge in [-0.2, -0.15) is 0 Å². The first-order chi connectivity index (χ1) is 15.2. The molecule has 0 aromatic heterocycles. The highest BCUT2D eigenvalue weighted by molar-refractivity contribution is 5.66. The summed E-state index contributed by atoms with van der Waals surface area (Å²) < 4.78 is 17.7. The van der Waals surface area contributed by atoms with Gasteiger partial charge in [-0.3, -0.25) is 0 Å². The third-order valence-corrected chi connectivity index (χ3v) is 5.37. The number of ether oxygens (including phenoxy) is 3. The van der Waals surface area contributed by atoms with E-state index in [1.807, 2.05) is 18.2 Å². The Kier molecular flexibility index (Phi) is 8.40. The molecule has 0 unspecified atom stereocenters. The minimum absolute atomic E-state index is 0.495. The van der Waals surface area contributed by atoms with Gasteiger partial charge < -0.3 is 14.2 Å². The first kappa shape index (κ1) is 22.7. The normalized spacial score (nSPS) is 10.7. The van der Waals surface area contributed by atoms with E-state index in [1.165, 1.54) is 22.3 Å². The lowest BCUT2D eigenvalue weighted by molar-refractivity contribution is 0.214. The van der Waals surface area contributed by atoms with Gasteiger partial charge in [-0.1, -0.05) is 68.7 Å². The zero-order valence-corrected chi connectivity index (χ0v) is 19.2. The molecule has 31 heavy (non-hydrogen) atoms. The predicted octanol–water partition coefficient (Wildman–Crippen LogP) is 7.03. The van der Waals surface area contributed by atoms with Gasteiger partial charge in [0.1, 0.15) is 30.5 Å². The maximum atomic E-state index is 6.12. The summed E-state index contributed by atoms with van der Waals surface area (Å²) >= 11 is 0. The van der Waals surface area contributed by atoms with E-state index in [0.717, 1.165) is 48.5 Å². The van der Waals surface area contributed by atoms with Crippen LogP contribution in [0.15, 0.2) is 60.7 Å². The smallest absolute Gasteiger partial charge is 0.126 e. The van der Waals surface area contributed by atoms with Crippen molar-refractivity contribution in [1.29, 1.82) is 0 Å². The van der Waals surface area contributed by atoms with Crippen LogP contribution in [-0.2, 0) is 12.8 Å². The van der Waals surface area contributed by atoms with E-state index in [4.69, 9.17) is 14.2 Å². The third kappa shape index (κ3) is 6.04. The van der Waals surface area contributed by atoms with E-state index in [2.05, 4.69) is 63.2 Å². The van der Waals surface area contributed by atoms with Crippen LogP contribution in [0.2, 0.25) is 0 Å². The Morgan fingerprint density at radius 3 is 2.00 bits per heavy atom. The van der Waals surface area contributed by atoms with E-state index in [1.54, 1.807) is 7.11 Å². The summed E-state index contributed by atoms with van der Waals surface area (Å²) in [6.45, 7) is 7.47. The molecule has 0 radical (unpaired) electrons. The fourth-order valence-electron chi connectivity index (χ4n) is 3.78. The standard InChI is InChI=1S/C28H34O3/c1-5-8-24-20-23(22-14-12-21(3)13-15-22)16-17-26(24)30-18-19-31-28-11-7-10-27(29-4)25(28)9-6-2/h7,10-17,20H,5-6,8-9,18-19H2,1-4H3. The van der Waals surface area contributed by atoms with Gasteiger partial charge >= 0.3 is 0 Å². The maximum Gasteiger partial charge on any atom is 0.126 e. The molecule has 0 aliphatic rings. The highest BCUT2D eigenvalue weighted by Gasteiger charge is 2.10. The van der Waals surface area contributed by atoms with E-state index >= 15 is 0 Å². The zero-order chi connectivity index (χ0) is 22.1. The highest BCUT2D eigenvalue weighted by atomic mass is 16.5. The Balaban J connectivity index is 1.66. The van der Waals surface area contributed by atoms with Gasteiger partial charge in [0, 0.05) is 5.56 Å². The molecule has 164 valence electrons. The van der Waals surface area contributed by atoms with E-state index in [-0.39, 0.29) is 0 Å². The van der Waals surface area contributed by atoms with Crippen LogP contribution in [0.4, 0.5) is 0 Å². The van der Waals surface area contributed by atoms with Crippen molar-refractivity contribution < 1.29 is 14.2 Å². The van der Waals surface area contributed by atoms with Crippen molar-refractivity contribution in [2.24, 2.45) is 0 Å². The van der Waals surface area contributed by atoms with Gasteiger partial charge in [0.2, 0.25) is 0 Å². The molecule has 0 fully saturated rings. The number of methoxy groups -OCH3 is 1. The van der Waals surface area contributed by atoms with Crippen LogP contribution in [0.5, 0.6) is 17.2 Å². The van der Waals surface area contributed by atoms with Gasteiger partial charge in [-0.05, 0) is 60.7 Å². The lowest BCUT2D eigenvalue weighted by Crippen LogP contribution is -2.11. The second kappa shape index (κ2) is 11.5. The van der Waals surface area contributed by atoms with Crippen LogP contribution in [0.1, 0.15) is 43.4 Å². The maximum absolute atomic E-state index is 6.12. The first-order valence-corrected chi connectivity index (χ1v) is 11.3. The molecule has 0 aliphatic carbocycles. The molecule has 0 spiro atoms. The topological polar surface area (TPSA) is 27.7 Å². The molecule has 0 heterocycles. The van der Waals surface area contributed by atoms with Crippen LogP contribution in [-0.4, -0.2) is 20.3 Å². The number of hydrogen-bond acceptors (Lipinski definition) is 3. The fourth-order valence-corrected chi connectivity index (χ4v) is 3.78. The quantitative estimate of drug-likeness (QED) is 0.313. The van der Waals surface area contributed by atoms with Crippen molar-refractivity contribution in [3.05, 3.63) is 77.4 Å². The average molecular weight is 419 g/mol. The first-order valence-electron chi connectivity index (χ1n) is 11.3. The van der Waals surface area contributed by atoms with Gasteiger partial charge in [0.05, 0.1) is 7.11 Å². The molecule has 3 aromatic rings. The Bertz CT molecular complexity index is 960. The molecular weight excluding hydrogens is 384 g/mol. The molecule has 3 aromatic carbocycles. The summed E-state index contributed by atoms with van der Waals surface area (Å²) in [5.41, 5.74) is 6.11. The second-order valence-corrected chi connectivity index (χ2v) is 7.82. The molecule has 0 amide bonds. The molecule has 0 N–H and O–H groups in total. The summed E-state index contributed by atoms with van der Waals surface area (Å²) in [7, 11) is 1.71. The minimum Gasteiger partial charge on any atom is -0.496 e. The SMILES string of the molecule is CCCc1cc(-c2ccc(C)cc2)ccc1OCCOc1cccc(OC)c1CCC. The van der Waals surface area contributed by atoms with Crippen molar-refractivity contribution in [3.8, 4) is 28.4 Å². The second-order valence-electron chi connectivity index (χ2n) is 7.82.